The van der Waals surface area contributed by atoms with Crippen LogP contribution in [0.4, 0.5) is 43.4 Å². The monoisotopic (exact) mass is 471 g/mol. The van der Waals surface area contributed by atoms with Crippen LogP contribution < -0.4 is 25.8 Å². The highest BCUT2D eigenvalue weighted by molar-refractivity contribution is 5.85. The average molecular weight is 471 g/mol. The number of hydroxylamine groups is 1. The predicted octanol–water partition coefficient (Wildman–Crippen LogP) is 4.87. The van der Waals surface area contributed by atoms with Crippen LogP contribution in [0, 0.1) is 0 Å². The highest BCUT2D eigenvalue weighted by Crippen LogP contribution is 2.43. The van der Waals surface area contributed by atoms with Gasteiger partial charge in [0, 0.05) is 17.5 Å². The summed E-state index contributed by atoms with van der Waals surface area (Å²) in [7, 11) is 0. The molecule has 7 nitrogen and oxygen atoms in total. The Bertz CT molecular complexity index is 1160. The van der Waals surface area contributed by atoms with Crippen LogP contribution >= 0.6 is 0 Å². The van der Waals surface area contributed by atoms with Crippen LogP contribution in [0.5, 0.6) is 5.75 Å². The Morgan fingerprint density at radius 3 is 2.39 bits per heavy atom. The quantitative estimate of drug-likeness (QED) is 0.556. The van der Waals surface area contributed by atoms with Gasteiger partial charge in [0.1, 0.15) is 11.6 Å². The smallest absolute Gasteiger partial charge is 0.416 e. The van der Waals surface area contributed by atoms with Crippen molar-refractivity contribution in [2.45, 2.75) is 25.2 Å². The first kappa shape index (κ1) is 21.2. The van der Waals surface area contributed by atoms with Gasteiger partial charge in [-0.05, 0) is 43.3 Å². The van der Waals surface area contributed by atoms with E-state index in [0.29, 0.717) is 40.7 Å². The average Bonchev–Trinajstić information content (AvgIpc) is 3.31. The van der Waals surface area contributed by atoms with Crippen LogP contribution in [0.1, 0.15) is 18.1 Å². The van der Waals surface area contributed by atoms with Gasteiger partial charge in [0.05, 0.1) is 22.5 Å². The molecular weight excluding hydrogens is 456 g/mol. The zero-order chi connectivity index (χ0) is 23.6. The number of allylic oxidation sites excluding steroid dienone is 1. The van der Waals surface area contributed by atoms with E-state index in [2.05, 4.69) is 21.1 Å². The van der Waals surface area contributed by atoms with Gasteiger partial charge in [-0.2, -0.15) is 26.3 Å². The molecule has 0 spiro atoms. The number of rotatable bonds is 3. The summed E-state index contributed by atoms with van der Waals surface area (Å²) < 4.78 is 85.3. The lowest BCUT2D eigenvalue weighted by molar-refractivity contribution is -0.143. The van der Waals surface area contributed by atoms with E-state index in [1.54, 1.807) is 25.1 Å². The standard InChI is InChI=1S/C20H15F6N5O2/c1-10-8-28-20(29-13-5-11(18(21,22)23)4-12(6-13)19(24,25)26)31(17(10)30-33-20)14-2-3-16-15(7-14)27-9-32-16/h2-8,27,29-30H,9H2,1H3. The third kappa shape index (κ3) is 3.57. The molecule has 174 valence electrons. The summed E-state index contributed by atoms with van der Waals surface area (Å²) in [5.74, 6) is -0.865. The van der Waals surface area contributed by atoms with Gasteiger partial charge in [-0.1, -0.05) is 0 Å². The van der Waals surface area contributed by atoms with E-state index in [1.807, 2.05) is 0 Å². The fourth-order valence-electron chi connectivity index (χ4n) is 3.69. The molecule has 0 radical (unpaired) electrons. The summed E-state index contributed by atoms with van der Waals surface area (Å²) in [6, 6.07) is 6.25. The molecule has 3 aliphatic heterocycles. The number of fused-ring (bicyclic) bond motifs is 3. The molecule has 0 aromatic heterocycles. The maximum absolute atomic E-state index is 13.3. The zero-order valence-electron chi connectivity index (χ0n) is 16.7. The molecule has 0 aliphatic carbocycles. The summed E-state index contributed by atoms with van der Waals surface area (Å²) in [4.78, 5) is 11.3. The van der Waals surface area contributed by atoms with Crippen LogP contribution in [0.3, 0.4) is 0 Å². The molecule has 2 aromatic rings. The number of nitrogens with zero attached hydrogens (tertiary/aromatic N) is 2. The molecule has 2 bridgehead atoms. The second kappa shape index (κ2) is 6.94. The minimum Gasteiger partial charge on any atom is -0.471 e. The maximum atomic E-state index is 13.3. The van der Waals surface area contributed by atoms with Gasteiger partial charge in [-0.15, -0.1) is 0 Å². The lowest BCUT2D eigenvalue weighted by atomic mass is 10.1. The predicted molar refractivity (Wildman–Crippen MR) is 106 cm³/mol. The topological polar surface area (TPSA) is 70.2 Å². The van der Waals surface area contributed by atoms with Gasteiger partial charge < -0.3 is 15.4 Å². The minimum atomic E-state index is -4.99. The number of ether oxygens (including phenoxy) is 1. The van der Waals surface area contributed by atoms with Gasteiger partial charge in [-0.25, -0.2) is 15.3 Å². The maximum Gasteiger partial charge on any atom is 0.416 e. The minimum absolute atomic E-state index is 0.0557. The van der Waals surface area contributed by atoms with E-state index < -0.39 is 35.1 Å². The van der Waals surface area contributed by atoms with Crippen molar-refractivity contribution in [3.63, 3.8) is 0 Å². The summed E-state index contributed by atoms with van der Waals surface area (Å²) in [6.07, 6.45) is -8.58. The fourth-order valence-corrected chi connectivity index (χ4v) is 3.69. The second-order valence-electron chi connectivity index (χ2n) is 7.50. The van der Waals surface area contributed by atoms with Crippen LogP contribution in [-0.4, -0.2) is 18.9 Å². The van der Waals surface area contributed by atoms with Gasteiger partial charge >= 0.3 is 18.3 Å². The molecule has 2 aromatic carbocycles. The van der Waals surface area contributed by atoms with Crippen LogP contribution in [-0.2, 0) is 17.2 Å². The van der Waals surface area contributed by atoms with Crippen molar-refractivity contribution >= 4 is 23.3 Å². The molecule has 1 atom stereocenters. The fraction of sp³-hybridized carbons (Fsp3) is 0.250. The van der Waals surface area contributed by atoms with E-state index in [0.717, 1.165) is 0 Å². The van der Waals surface area contributed by atoms with E-state index in [1.165, 1.54) is 11.1 Å². The zero-order valence-corrected chi connectivity index (χ0v) is 16.7. The van der Waals surface area contributed by atoms with E-state index in [4.69, 9.17) is 9.57 Å². The van der Waals surface area contributed by atoms with Gasteiger partial charge in [0.25, 0.3) is 0 Å². The molecule has 13 heteroatoms. The van der Waals surface area contributed by atoms with Crippen LogP contribution in [0.15, 0.2) is 52.8 Å². The molecule has 3 N–H and O–H groups in total. The SMILES string of the molecule is CC1=C2NOC(Nc3cc(C(F)(F)F)cc(C(F)(F)F)c3)(N=C1)N2c1ccc2c(c1)NCO2. The number of hydrogen-bond donors (Lipinski definition) is 3. The van der Waals surface area contributed by atoms with E-state index in [9.17, 15) is 26.3 Å². The van der Waals surface area contributed by atoms with Crippen molar-refractivity contribution < 1.29 is 35.9 Å². The van der Waals surface area contributed by atoms with Gasteiger partial charge in [0.2, 0.25) is 0 Å². The number of nitrogens with one attached hydrogen (secondary N) is 3. The first-order valence-electron chi connectivity index (χ1n) is 9.55. The molecule has 1 fully saturated rings. The summed E-state index contributed by atoms with van der Waals surface area (Å²) in [5.41, 5.74) is 1.05. The van der Waals surface area contributed by atoms with Crippen molar-refractivity contribution in [2.24, 2.45) is 4.99 Å². The number of hydrogen-bond acceptors (Lipinski definition) is 7. The Labute approximate surface area is 182 Å². The highest BCUT2D eigenvalue weighted by Gasteiger charge is 2.50. The van der Waals surface area contributed by atoms with E-state index >= 15 is 0 Å². The van der Waals surface area contributed by atoms with Gasteiger partial charge in [0.15, 0.2) is 6.73 Å². The molecule has 0 amide bonds. The van der Waals surface area contributed by atoms with Crippen molar-refractivity contribution in [1.82, 2.24) is 5.48 Å². The molecule has 1 saturated heterocycles. The first-order valence-corrected chi connectivity index (χ1v) is 9.55. The van der Waals surface area contributed by atoms with Crippen LogP contribution in [0.25, 0.3) is 0 Å². The number of anilines is 3. The molecule has 5 rings (SSSR count). The number of alkyl halides is 6. The van der Waals surface area contributed by atoms with E-state index in [-0.39, 0.29) is 12.8 Å². The van der Waals surface area contributed by atoms with Gasteiger partial charge in [-0.3, -0.25) is 4.90 Å². The number of aliphatic imine (C=N–C) groups is 1. The Morgan fingerprint density at radius 2 is 1.73 bits per heavy atom. The summed E-state index contributed by atoms with van der Waals surface area (Å²) in [6.45, 7) is 1.99. The first-order chi connectivity index (χ1) is 15.5. The Morgan fingerprint density at radius 1 is 1.03 bits per heavy atom. The summed E-state index contributed by atoms with van der Waals surface area (Å²) in [5, 5.41) is 5.62. The Balaban J connectivity index is 1.59. The van der Waals surface area contributed by atoms with Crippen molar-refractivity contribution in [3.05, 3.63) is 58.9 Å². The van der Waals surface area contributed by atoms with Crippen molar-refractivity contribution in [3.8, 4) is 5.75 Å². The molecule has 33 heavy (non-hydrogen) atoms. The number of benzene rings is 2. The third-order valence-corrected chi connectivity index (χ3v) is 5.23. The van der Waals surface area contributed by atoms with Crippen molar-refractivity contribution in [2.75, 3.05) is 22.3 Å². The normalized spacial score (nSPS) is 21.5. The largest absolute Gasteiger partial charge is 0.471 e. The molecular formula is C20H15F6N5O2. The third-order valence-electron chi connectivity index (χ3n) is 5.23. The Kier molecular flexibility index (Phi) is 4.47. The lowest BCUT2D eigenvalue weighted by Crippen LogP contribution is -2.51. The Hall–Kier alpha value is -3.61. The lowest BCUT2D eigenvalue weighted by Gasteiger charge is -2.36. The molecule has 3 heterocycles. The molecule has 1 unspecified atom stereocenters. The van der Waals surface area contributed by atoms with Crippen molar-refractivity contribution in [1.29, 1.82) is 0 Å². The van der Waals surface area contributed by atoms with Crippen LogP contribution in [0.2, 0.25) is 0 Å². The second-order valence-corrected chi connectivity index (χ2v) is 7.50. The molecule has 0 saturated carbocycles. The molecule has 3 aliphatic rings. The highest BCUT2D eigenvalue weighted by atomic mass is 19.4. The number of halogens is 6. The summed E-state index contributed by atoms with van der Waals surface area (Å²) >= 11 is 0.